The number of benzene rings is 1. The zero-order valence-electron chi connectivity index (χ0n) is 11.8. The van der Waals surface area contributed by atoms with Crippen molar-refractivity contribution in [3.63, 3.8) is 0 Å². The van der Waals surface area contributed by atoms with Crippen LogP contribution in [0.1, 0.15) is 13.8 Å². The average Bonchev–Trinajstić information content (AvgIpc) is 2.92. The summed E-state index contributed by atoms with van der Waals surface area (Å²) in [5.41, 5.74) is 0. The highest BCUT2D eigenvalue weighted by molar-refractivity contribution is 5.74. The van der Waals surface area contributed by atoms with Crippen LogP contribution in [0.5, 0.6) is 17.2 Å². The minimum absolute atomic E-state index is 0.0655. The molecule has 0 fully saturated rings. The summed E-state index contributed by atoms with van der Waals surface area (Å²) < 4.78 is 16.0. The Kier molecular flexibility index (Phi) is 4.92. The first-order valence-electron chi connectivity index (χ1n) is 6.79. The fourth-order valence-electron chi connectivity index (χ4n) is 1.92. The van der Waals surface area contributed by atoms with E-state index in [9.17, 15) is 4.79 Å². The van der Waals surface area contributed by atoms with Crippen molar-refractivity contribution >= 4 is 6.03 Å². The van der Waals surface area contributed by atoms with Crippen molar-refractivity contribution in [1.82, 2.24) is 10.2 Å². The second kappa shape index (κ2) is 6.88. The van der Waals surface area contributed by atoms with E-state index in [1.54, 1.807) is 11.0 Å². The maximum absolute atomic E-state index is 11.7. The van der Waals surface area contributed by atoms with Gasteiger partial charge in [0.25, 0.3) is 0 Å². The molecular weight excluding hydrogens is 260 g/mol. The number of nitrogens with zero attached hydrogens (tertiary/aromatic N) is 1. The molecule has 6 nitrogen and oxygen atoms in total. The van der Waals surface area contributed by atoms with Crippen LogP contribution in [0.4, 0.5) is 4.79 Å². The fourth-order valence-corrected chi connectivity index (χ4v) is 1.92. The number of carbonyl (C=O) groups excluding carboxylic acids is 1. The second-order valence-corrected chi connectivity index (χ2v) is 4.27. The van der Waals surface area contributed by atoms with Crippen LogP contribution in [0.3, 0.4) is 0 Å². The Bertz CT molecular complexity index is 460. The molecule has 0 saturated heterocycles. The summed E-state index contributed by atoms with van der Waals surface area (Å²) in [4.78, 5) is 13.4. The summed E-state index contributed by atoms with van der Waals surface area (Å²) in [5.74, 6) is 2.12. The monoisotopic (exact) mass is 280 g/mol. The number of hydrogen-bond acceptors (Lipinski definition) is 4. The smallest absolute Gasteiger partial charge is 0.317 e. The van der Waals surface area contributed by atoms with E-state index in [0.717, 1.165) is 5.75 Å². The SMILES string of the molecule is CCN(CC)C(=O)NCCOc1ccc2c(c1)OCO2. The number of hydrogen-bond donors (Lipinski definition) is 1. The van der Waals surface area contributed by atoms with Crippen molar-refractivity contribution in [3.05, 3.63) is 18.2 Å². The van der Waals surface area contributed by atoms with Gasteiger partial charge in [-0.2, -0.15) is 0 Å². The van der Waals surface area contributed by atoms with Gasteiger partial charge in [-0.3, -0.25) is 0 Å². The Morgan fingerprint density at radius 3 is 2.80 bits per heavy atom. The molecule has 1 aliphatic heterocycles. The first-order valence-corrected chi connectivity index (χ1v) is 6.79. The molecule has 1 heterocycles. The van der Waals surface area contributed by atoms with E-state index in [-0.39, 0.29) is 12.8 Å². The van der Waals surface area contributed by atoms with Crippen LogP contribution in [0.2, 0.25) is 0 Å². The summed E-state index contributed by atoms with van der Waals surface area (Å²) in [7, 11) is 0. The van der Waals surface area contributed by atoms with Gasteiger partial charge in [-0.25, -0.2) is 4.79 Å². The van der Waals surface area contributed by atoms with Crippen molar-refractivity contribution in [2.45, 2.75) is 13.8 Å². The Labute approximate surface area is 118 Å². The van der Waals surface area contributed by atoms with Crippen LogP contribution in [-0.4, -0.2) is 44.0 Å². The largest absolute Gasteiger partial charge is 0.492 e. The molecule has 1 aromatic carbocycles. The topological polar surface area (TPSA) is 60.0 Å². The third-order valence-electron chi connectivity index (χ3n) is 3.04. The number of fused-ring (bicyclic) bond motifs is 1. The van der Waals surface area contributed by atoms with E-state index in [4.69, 9.17) is 14.2 Å². The molecule has 0 aromatic heterocycles. The van der Waals surface area contributed by atoms with E-state index in [1.165, 1.54) is 0 Å². The van der Waals surface area contributed by atoms with Crippen molar-refractivity contribution in [3.8, 4) is 17.2 Å². The summed E-state index contributed by atoms with van der Waals surface area (Å²) in [6.45, 7) is 6.42. The van der Waals surface area contributed by atoms with Gasteiger partial charge in [-0.15, -0.1) is 0 Å². The van der Waals surface area contributed by atoms with Gasteiger partial charge in [0.05, 0.1) is 6.54 Å². The summed E-state index contributed by atoms with van der Waals surface area (Å²) in [6, 6.07) is 5.35. The maximum Gasteiger partial charge on any atom is 0.317 e. The lowest BCUT2D eigenvalue weighted by molar-refractivity contribution is 0.173. The fraction of sp³-hybridized carbons (Fsp3) is 0.500. The highest BCUT2D eigenvalue weighted by Crippen LogP contribution is 2.34. The van der Waals surface area contributed by atoms with E-state index in [1.807, 2.05) is 26.0 Å². The Hall–Kier alpha value is -2.11. The van der Waals surface area contributed by atoms with E-state index in [0.29, 0.717) is 37.7 Å². The molecule has 2 amide bonds. The zero-order valence-corrected chi connectivity index (χ0v) is 11.8. The zero-order chi connectivity index (χ0) is 14.4. The number of urea groups is 1. The quantitative estimate of drug-likeness (QED) is 0.808. The first-order chi connectivity index (χ1) is 9.74. The molecule has 0 bridgehead atoms. The Balaban J connectivity index is 1.72. The van der Waals surface area contributed by atoms with Gasteiger partial charge in [0.2, 0.25) is 6.79 Å². The predicted octanol–water partition coefficient (Wildman–Crippen LogP) is 1.85. The van der Waals surface area contributed by atoms with Crippen LogP contribution >= 0.6 is 0 Å². The molecule has 110 valence electrons. The van der Waals surface area contributed by atoms with Crippen LogP contribution in [0.15, 0.2) is 18.2 Å². The molecule has 0 spiro atoms. The Morgan fingerprint density at radius 1 is 1.30 bits per heavy atom. The van der Waals surface area contributed by atoms with E-state index in [2.05, 4.69) is 5.32 Å². The summed E-state index contributed by atoms with van der Waals surface area (Å²) in [5, 5.41) is 2.81. The molecule has 0 atom stereocenters. The standard InChI is InChI=1S/C14H20N2O4/c1-3-16(4-2)14(17)15-7-8-18-11-5-6-12-13(9-11)20-10-19-12/h5-6,9H,3-4,7-8,10H2,1-2H3,(H,15,17). The molecule has 0 saturated carbocycles. The normalized spacial score (nSPS) is 12.1. The molecule has 20 heavy (non-hydrogen) atoms. The lowest BCUT2D eigenvalue weighted by Crippen LogP contribution is -2.41. The molecule has 6 heteroatoms. The minimum atomic E-state index is -0.0655. The Morgan fingerprint density at radius 2 is 2.05 bits per heavy atom. The second-order valence-electron chi connectivity index (χ2n) is 4.27. The highest BCUT2D eigenvalue weighted by Gasteiger charge is 2.13. The van der Waals surface area contributed by atoms with Crippen molar-refractivity contribution in [2.75, 3.05) is 33.0 Å². The molecule has 0 unspecified atom stereocenters. The van der Waals surface area contributed by atoms with Gasteiger partial charge in [0.15, 0.2) is 11.5 Å². The van der Waals surface area contributed by atoms with Crippen molar-refractivity contribution in [2.24, 2.45) is 0 Å². The van der Waals surface area contributed by atoms with Gasteiger partial charge in [0.1, 0.15) is 12.4 Å². The lowest BCUT2D eigenvalue weighted by atomic mass is 10.3. The maximum atomic E-state index is 11.7. The molecule has 0 aliphatic carbocycles. The molecule has 1 aromatic rings. The van der Waals surface area contributed by atoms with Gasteiger partial charge in [0, 0.05) is 19.2 Å². The number of carbonyl (C=O) groups is 1. The number of nitrogens with one attached hydrogen (secondary N) is 1. The van der Waals surface area contributed by atoms with E-state index < -0.39 is 0 Å². The number of amides is 2. The van der Waals surface area contributed by atoms with Crippen molar-refractivity contribution in [1.29, 1.82) is 0 Å². The van der Waals surface area contributed by atoms with Crippen LogP contribution < -0.4 is 19.5 Å². The predicted molar refractivity (Wildman–Crippen MR) is 74.4 cm³/mol. The highest BCUT2D eigenvalue weighted by atomic mass is 16.7. The third kappa shape index (κ3) is 3.46. The van der Waals surface area contributed by atoms with Crippen LogP contribution in [-0.2, 0) is 0 Å². The van der Waals surface area contributed by atoms with Gasteiger partial charge >= 0.3 is 6.03 Å². The molecule has 0 radical (unpaired) electrons. The number of ether oxygens (including phenoxy) is 3. The van der Waals surface area contributed by atoms with Crippen LogP contribution in [0.25, 0.3) is 0 Å². The third-order valence-corrected chi connectivity index (χ3v) is 3.04. The van der Waals surface area contributed by atoms with Gasteiger partial charge in [-0.1, -0.05) is 0 Å². The first kappa shape index (κ1) is 14.3. The van der Waals surface area contributed by atoms with Gasteiger partial charge < -0.3 is 24.4 Å². The van der Waals surface area contributed by atoms with E-state index >= 15 is 0 Å². The molecule has 1 aliphatic rings. The van der Waals surface area contributed by atoms with Gasteiger partial charge in [-0.05, 0) is 26.0 Å². The molecular formula is C14H20N2O4. The summed E-state index contributed by atoms with van der Waals surface area (Å²) in [6.07, 6.45) is 0. The number of rotatable bonds is 6. The average molecular weight is 280 g/mol. The summed E-state index contributed by atoms with van der Waals surface area (Å²) >= 11 is 0. The van der Waals surface area contributed by atoms with Crippen molar-refractivity contribution < 1.29 is 19.0 Å². The lowest BCUT2D eigenvalue weighted by Gasteiger charge is -2.19. The molecule has 1 N–H and O–H groups in total. The van der Waals surface area contributed by atoms with Crippen LogP contribution in [0, 0.1) is 0 Å². The minimum Gasteiger partial charge on any atom is -0.492 e. The molecule has 2 rings (SSSR count).